The lowest BCUT2D eigenvalue weighted by molar-refractivity contribution is 0.292. The van der Waals surface area contributed by atoms with E-state index in [4.69, 9.17) is 4.74 Å². The quantitative estimate of drug-likeness (QED) is 0.449. The van der Waals surface area contributed by atoms with Crippen molar-refractivity contribution >= 4 is 11.0 Å². The summed E-state index contributed by atoms with van der Waals surface area (Å²) in [4.78, 5) is 12.8. The molecule has 4 heterocycles. The molecule has 30 heavy (non-hydrogen) atoms. The minimum atomic E-state index is 0.385. The van der Waals surface area contributed by atoms with Crippen molar-refractivity contribution < 1.29 is 4.74 Å². The molecule has 0 aliphatic carbocycles. The molecule has 0 saturated heterocycles. The largest absolute Gasteiger partial charge is 0.486 e. The molecule has 0 fully saturated rings. The van der Waals surface area contributed by atoms with Crippen LogP contribution in [0.25, 0.3) is 33.4 Å². The summed E-state index contributed by atoms with van der Waals surface area (Å²) in [5.74, 6) is 1.64. The first-order valence-electron chi connectivity index (χ1n) is 9.61. The van der Waals surface area contributed by atoms with Gasteiger partial charge in [0.15, 0.2) is 0 Å². The molecule has 0 unspecified atom stereocenters. The first kappa shape index (κ1) is 18.1. The van der Waals surface area contributed by atoms with Crippen LogP contribution in [0.4, 0.5) is 0 Å². The zero-order valence-corrected chi connectivity index (χ0v) is 16.7. The van der Waals surface area contributed by atoms with E-state index in [1.54, 1.807) is 24.8 Å². The molecule has 0 bridgehead atoms. The Hall–Kier alpha value is -4.00. The van der Waals surface area contributed by atoms with Crippen molar-refractivity contribution in [3.63, 3.8) is 0 Å². The van der Waals surface area contributed by atoms with Crippen molar-refractivity contribution in [2.45, 2.75) is 6.61 Å². The third-order valence-corrected chi connectivity index (χ3v) is 5.09. The highest BCUT2D eigenvalue weighted by molar-refractivity contribution is 5.80. The van der Waals surface area contributed by atoms with Gasteiger partial charge >= 0.3 is 0 Å². The molecule has 7 heteroatoms. The van der Waals surface area contributed by atoms with E-state index in [2.05, 4.69) is 20.1 Å². The van der Waals surface area contributed by atoms with Gasteiger partial charge in [-0.05, 0) is 48.0 Å². The second-order valence-corrected chi connectivity index (χ2v) is 7.07. The molecule has 0 aliphatic rings. The monoisotopic (exact) mass is 396 g/mol. The fourth-order valence-electron chi connectivity index (χ4n) is 3.53. The van der Waals surface area contributed by atoms with E-state index in [9.17, 15) is 0 Å². The van der Waals surface area contributed by atoms with Gasteiger partial charge in [0.2, 0.25) is 0 Å². The summed E-state index contributed by atoms with van der Waals surface area (Å²) in [7, 11) is 3.91. The van der Waals surface area contributed by atoms with E-state index in [0.29, 0.717) is 6.61 Å². The molecule has 0 saturated carbocycles. The molecular weight excluding hydrogens is 376 g/mol. The molecule has 0 atom stereocenters. The summed E-state index contributed by atoms with van der Waals surface area (Å²) in [5, 5.41) is 4.65. The third-order valence-electron chi connectivity index (χ3n) is 5.09. The molecule has 0 amide bonds. The van der Waals surface area contributed by atoms with E-state index in [0.717, 1.165) is 45.0 Å². The molecule has 5 aromatic rings. The Morgan fingerprint density at radius 1 is 0.867 bits per heavy atom. The first-order chi connectivity index (χ1) is 14.7. The van der Waals surface area contributed by atoms with E-state index >= 15 is 0 Å². The lowest BCUT2D eigenvalue weighted by atomic mass is 10.0. The average Bonchev–Trinajstić information content (AvgIpc) is 3.33. The number of pyridine rings is 2. The van der Waals surface area contributed by atoms with Crippen LogP contribution >= 0.6 is 0 Å². The van der Waals surface area contributed by atoms with Crippen LogP contribution in [0.3, 0.4) is 0 Å². The van der Waals surface area contributed by atoms with Gasteiger partial charge in [-0.3, -0.25) is 14.6 Å². The van der Waals surface area contributed by atoms with E-state index in [1.165, 1.54) is 0 Å². The number of imidazole rings is 1. The van der Waals surface area contributed by atoms with Crippen molar-refractivity contribution in [1.29, 1.82) is 0 Å². The Morgan fingerprint density at radius 2 is 1.63 bits per heavy atom. The number of rotatable bonds is 5. The Labute approximate surface area is 173 Å². The molecule has 148 valence electrons. The highest BCUT2D eigenvalue weighted by Crippen LogP contribution is 2.31. The predicted molar refractivity (Wildman–Crippen MR) is 115 cm³/mol. The molecule has 0 N–H and O–H groups in total. The number of ether oxygens (including phenoxy) is 1. The number of nitrogens with zero attached hydrogens (tertiary/aromatic N) is 6. The molecule has 0 spiro atoms. The van der Waals surface area contributed by atoms with Crippen LogP contribution < -0.4 is 4.74 Å². The smallest absolute Gasteiger partial charge is 0.147 e. The maximum atomic E-state index is 5.98. The zero-order valence-electron chi connectivity index (χ0n) is 16.7. The van der Waals surface area contributed by atoms with Crippen molar-refractivity contribution in [3.05, 3.63) is 79.3 Å². The molecule has 0 radical (unpaired) electrons. The molecule has 1 aromatic carbocycles. The van der Waals surface area contributed by atoms with Crippen molar-refractivity contribution in [2.24, 2.45) is 14.1 Å². The van der Waals surface area contributed by atoms with Crippen LogP contribution in [-0.2, 0) is 20.7 Å². The van der Waals surface area contributed by atoms with E-state index in [1.807, 2.05) is 72.0 Å². The second kappa shape index (κ2) is 7.44. The molecule has 7 nitrogen and oxygen atoms in total. The third kappa shape index (κ3) is 3.30. The predicted octanol–water partition coefficient (Wildman–Crippen LogP) is 4.01. The van der Waals surface area contributed by atoms with Crippen LogP contribution in [0.15, 0.2) is 73.4 Å². The zero-order chi connectivity index (χ0) is 20.5. The Bertz CT molecular complexity index is 1310. The second-order valence-electron chi connectivity index (χ2n) is 7.07. The Morgan fingerprint density at radius 3 is 2.40 bits per heavy atom. The Balaban J connectivity index is 1.37. The van der Waals surface area contributed by atoms with Gasteiger partial charge < -0.3 is 9.30 Å². The van der Waals surface area contributed by atoms with Gasteiger partial charge in [-0.15, -0.1) is 0 Å². The summed E-state index contributed by atoms with van der Waals surface area (Å²) in [5.41, 5.74) is 6.03. The highest BCUT2D eigenvalue weighted by Gasteiger charge is 2.13. The van der Waals surface area contributed by atoms with Crippen LogP contribution in [0.5, 0.6) is 5.75 Å². The number of hydrogen-bond acceptors (Lipinski definition) is 5. The standard InChI is InChI=1S/C23H20N6O/c1-28-14-19(16-7-10-24-11-8-16)23(27-28)17-3-5-18(6-4-17)30-15-22-26-20-13-25-12-9-21(20)29(22)2/h3-14H,15H2,1-2H3. The Kier molecular flexibility index (Phi) is 4.48. The van der Waals surface area contributed by atoms with Gasteiger partial charge in [-0.25, -0.2) is 4.98 Å². The molecule has 5 rings (SSSR count). The molecule has 4 aromatic heterocycles. The number of aryl methyl sites for hydroxylation is 2. The maximum absolute atomic E-state index is 5.98. The average molecular weight is 396 g/mol. The lowest BCUT2D eigenvalue weighted by Crippen LogP contribution is -2.03. The maximum Gasteiger partial charge on any atom is 0.147 e. The fraction of sp³-hybridized carbons (Fsp3) is 0.130. The minimum absolute atomic E-state index is 0.385. The SMILES string of the molecule is Cn1cc(-c2ccncc2)c(-c2ccc(OCc3nc4cnccc4n3C)cc2)n1. The van der Waals surface area contributed by atoms with Gasteiger partial charge in [-0.1, -0.05) is 0 Å². The van der Waals surface area contributed by atoms with Crippen LogP contribution in [0.2, 0.25) is 0 Å². The number of benzene rings is 1. The van der Waals surface area contributed by atoms with E-state index < -0.39 is 0 Å². The topological polar surface area (TPSA) is 70.7 Å². The lowest BCUT2D eigenvalue weighted by Gasteiger charge is -2.08. The van der Waals surface area contributed by atoms with Gasteiger partial charge in [0.1, 0.15) is 29.4 Å². The van der Waals surface area contributed by atoms with Gasteiger partial charge in [0.05, 0.1) is 11.7 Å². The van der Waals surface area contributed by atoms with Crippen molar-refractivity contribution in [1.82, 2.24) is 29.3 Å². The fourth-order valence-corrected chi connectivity index (χ4v) is 3.53. The van der Waals surface area contributed by atoms with Gasteiger partial charge in [0, 0.05) is 50.0 Å². The highest BCUT2D eigenvalue weighted by atomic mass is 16.5. The van der Waals surface area contributed by atoms with Crippen LogP contribution in [0.1, 0.15) is 5.82 Å². The number of hydrogen-bond donors (Lipinski definition) is 0. The van der Waals surface area contributed by atoms with Gasteiger partial charge in [0.25, 0.3) is 0 Å². The summed E-state index contributed by atoms with van der Waals surface area (Å²) >= 11 is 0. The van der Waals surface area contributed by atoms with Crippen molar-refractivity contribution in [3.8, 4) is 28.1 Å². The normalized spacial score (nSPS) is 11.1. The molecular formula is C23H20N6O. The molecule has 0 aliphatic heterocycles. The van der Waals surface area contributed by atoms with E-state index in [-0.39, 0.29) is 0 Å². The van der Waals surface area contributed by atoms with Gasteiger partial charge in [-0.2, -0.15) is 5.10 Å². The van der Waals surface area contributed by atoms with Crippen molar-refractivity contribution in [2.75, 3.05) is 0 Å². The summed E-state index contributed by atoms with van der Waals surface area (Å²) in [6, 6.07) is 13.9. The minimum Gasteiger partial charge on any atom is -0.486 e. The first-order valence-corrected chi connectivity index (χ1v) is 9.61. The summed E-state index contributed by atoms with van der Waals surface area (Å²) < 4.78 is 9.83. The number of aromatic nitrogens is 6. The number of fused-ring (bicyclic) bond motifs is 1. The summed E-state index contributed by atoms with van der Waals surface area (Å²) in [6.07, 6.45) is 9.14. The van der Waals surface area contributed by atoms with Crippen LogP contribution in [-0.4, -0.2) is 29.3 Å². The summed E-state index contributed by atoms with van der Waals surface area (Å²) in [6.45, 7) is 0.385. The van der Waals surface area contributed by atoms with Crippen LogP contribution in [0, 0.1) is 0 Å².